The average molecular weight is 436 g/mol. The van der Waals surface area contributed by atoms with Gasteiger partial charge in [-0.2, -0.15) is 0 Å². The number of halogens is 1. The molecular weight excluding hydrogens is 405 g/mol. The summed E-state index contributed by atoms with van der Waals surface area (Å²) in [6.45, 7) is 1.71. The van der Waals surface area contributed by atoms with Gasteiger partial charge in [0.05, 0.1) is 0 Å². The Labute approximate surface area is 188 Å². The molecule has 1 saturated heterocycles. The number of aromatic amines is 1. The van der Waals surface area contributed by atoms with E-state index in [4.69, 9.17) is 0 Å². The number of carbonyl (C=O) groups excluding carboxylic acids is 2. The average Bonchev–Trinajstić information content (AvgIpc) is 3.24. The number of benzene rings is 2. The Kier molecular flexibility index (Phi) is 7.20. The summed E-state index contributed by atoms with van der Waals surface area (Å²) in [5.74, 6) is 0.141. The van der Waals surface area contributed by atoms with Gasteiger partial charge in [0, 0.05) is 55.1 Å². The Morgan fingerprint density at radius 1 is 1.06 bits per heavy atom. The highest BCUT2D eigenvalue weighted by atomic mass is 19.1. The second-order valence-electron chi connectivity index (χ2n) is 8.61. The van der Waals surface area contributed by atoms with Gasteiger partial charge in [-0.15, -0.1) is 0 Å². The molecule has 1 aliphatic rings. The van der Waals surface area contributed by atoms with Crippen LogP contribution < -0.4 is 5.32 Å². The maximum atomic E-state index is 13.7. The van der Waals surface area contributed by atoms with E-state index >= 15 is 0 Å². The lowest BCUT2D eigenvalue weighted by molar-refractivity contribution is -0.133. The Hall–Kier alpha value is -3.15. The smallest absolute Gasteiger partial charge is 0.222 e. The van der Waals surface area contributed by atoms with E-state index in [-0.39, 0.29) is 24.2 Å². The Morgan fingerprint density at radius 2 is 1.88 bits per heavy atom. The molecule has 2 amide bonds. The van der Waals surface area contributed by atoms with Crippen molar-refractivity contribution in [1.82, 2.24) is 15.2 Å². The fourth-order valence-corrected chi connectivity index (χ4v) is 4.52. The first-order valence-corrected chi connectivity index (χ1v) is 11.4. The summed E-state index contributed by atoms with van der Waals surface area (Å²) in [5, 5.41) is 3.98. The number of nitrogens with zero attached hydrogens (tertiary/aromatic N) is 1. The molecule has 32 heavy (non-hydrogen) atoms. The molecule has 6 heteroatoms. The lowest BCUT2D eigenvalue weighted by atomic mass is 9.93. The van der Waals surface area contributed by atoms with Crippen LogP contribution in [-0.4, -0.2) is 34.8 Å². The van der Waals surface area contributed by atoms with Crippen LogP contribution in [0.1, 0.15) is 43.2 Å². The minimum atomic E-state index is -0.304. The van der Waals surface area contributed by atoms with Gasteiger partial charge >= 0.3 is 0 Å². The fraction of sp³-hybridized carbons (Fsp3) is 0.385. The van der Waals surface area contributed by atoms with Gasteiger partial charge in [0.1, 0.15) is 5.82 Å². The highest BCUT2D eigenvalue weighted by molar-refractivity contribution is 5.84. The van der Waals surface area contributed by atoms with E-state index in [1.165, 1.54) is 17.0 Å². The predicted molar refractivity (Wildman–Crippen MR) is 123 cm³/mol. The molecular formula is C26H30FN3O2. The van der Waals surface area contributed by atoms with Crippen LogP contribution in [0, 0.1) is 11.7 Å². The highest BCUT2D eigenvalue weighted by Crippen LogP contribution is 2.23. The Bertz CT molecular complexity index is 1080. The molecule has 2 N–H and O–H groups in total. The second kappa shape index (κ2) is 10.4. The first-order chi connectivity index (χ1) is 15.6. The van der Waals surface area contributed by atoms with Crippen LogP contribution in [0.5, 0.6) is 0 Å². The zero-order chi connectivity index (χ0) is 22.3. The number of rotatable bonds is 8. The molecule has 1 aromatic heterocycles. The van der Waals surface area contributed by atoms with Crippen LogP contribution in [0.25, 0.3) is 10.9 Å². The van der Waals surface area contributed by atoms with E-state index in [0.717, 1.165) is 37.7 Å². The van der Waals surface area contributed by atoms with Gasteiger partial charge in [-0.3, -0.25) is 9.59 Å². The molecule has 3 aromatic rings. The molecule has 168 valence electrons. The molecule has 1 fully saturated rings. The number of carbonyl (C=O) groups is 2. The molecule has 0 bridgehead atoms. The van der Waals surface area contributed by atoms with Crippen LogP contribution in [0.2, 0.25) is 0 Å². The monoisotopic (exact) mass is 435 g/mol. The number of para-hydroxylation sites is 1. The topological polar surface area (TPSA) is 65.2 Å². The summed E-state index contributed by atoms with van der Waals surface area (Å²) in [6, 6.07) is 14.6. The van der Waals surface area contributed by atoms with Crippen molar-refractivity contribution in [3.8, 4) is 0 Å². The minimum Gasteiger partial charge on any atom is -0.361 e. The third-order valence-electron chi connectivity index (χ3n) is 6.37. The summed E-state index contributed by atoms with van der Waals surface area (Å²) in [5.41, 5.74) is 2.76. The van der Waals surface area contributed by atoms with Crippen LogP contribution in [0.4, 0.5) is 4.39 Å². The third-order valence-corrected chi connectivity index (χ3v) is 6.37. The summed E-state index contributed by atoms with van der Waals surface area (Å²) >= 11 is 0. The van der Waals surface area contributed by atoms with Crippen LogP contribution in [0.15, 0.2) is 54.7 Å². The number of likely N-dealkylation sites (tertiary alicyclic amines) is 1. The van der Waals surface area contributed by atoms with E-state index in [1.807, 2.05) is 29.3 Å². The van der Waals surface area contributed by atoms with E-state index in [1.54, 1.807) is 18.2 Å². The van der Waals surface area contributed by atoms with Crippen molar-refractivity contribution < 1.29 is 14.0 Å². The van der Waals surface area contributed by atoms with Crippen LogP contribution >= 0.6 is 0 Å². The highest BCUT2D eigenvalue weighted by Gasteiger charge is 2.24. The van der Waals surface area contributed by atoms with Crippen molar-refractivity contribution >= 4 is 22.7 Å². The van der Waals surface area contributed by atoms with E-state index in [9.17, 15) is 14.0 Å². The van der Waals surface area contributed by atoms with Gasteiger partial charge in [-0.25, -0.2) is 4.39 Å². The lowest BCUT2D eigenvalue weighted by Crippen LogP contribution is -2.40. The first kappa shape index (κ1) is 22.1. The summed E-state index contributed by atoms with van der Waals surface area (Å²) in [7, 11) is 0. The van der Waals surface area contributed by atoms with Crippen molar-refractivity contribution in [1.29, 1.82) is 0 Å². The fourth-order valence-electron chi connectivity index (χ4n) is 4.52. The minimum absolute atomic E-state index is 0.0731. The van der Waals surface area contributed by atoms with Crippen molar-refractivity contribution in [2.45, 2.75) is 45.1 Å². The number of hydrogen-bond donors (Lipinski definition) is 2. The van der Waals surface area contributed by atoms with Gasteiger partial charge in [0.15, 0.2) is 0 Å². The van der Waals surface area contributed by atoms with Crippen molar-refractivity contribution in [3.63, 3.8) is 0 Å². The van der Waals surface area contributed by atoms with Crippen LogP contribution in [-0.2, 0) is 22.6 Å². The molecule has 0 unspecified atom stereocenters. The molecule has 1 atom stereocenters. The number of aryl methyl sites for hydroxylation is 1. The molecule has 0 radical (unpaired) electrons. The number of H-pyrrole nitrogens is 1. The molecule has 4 rings (SSSR count). The molecule has 5 nitrogen and oxygen atoms in total. The summed E-state index contributed by atoms with van der Waals surface area (Å²) in [4.78, 5) is 30.2. The largest absolute Gasteiger partial charge is 0.361 e. The van der Waals surface area contributed by atoms with Gasteiger partial charge in [-0.1, -0.05) is 36.4 Å². The number of nitrogens with one attached hydrogen (secondary N) is 2. The van der Waals surface area contributed by atoms with Crippen molar-refractivity contribution in [2.24, 2.45) is 5.92 Å². The molecule has 1 aliphatic heterocycles. The number of piperidine rings is 1. The zero-order valence-electron chi connectivity index (χ0n) is 18.3. The maximum Gasteiger partial charge on any atom is 0.222 e. The van der Waals surface area contributed by atoms with E-state index in [0.29, 0.717) is 30.9 Å². The standard InChI is InChI=1S/C26H30FN3O2/c27-23-9-3-1-7-21(23)17-29-25(31)13-11-19-6-5-15-30(18-19)26(32)14-12-20-16-28-24-10-4-2-8-22(20)24/h1-4,7-10,16,19,28H,5-6,11-15,17-18H2,(H,29,31)/t19-/m0/s1. The lowest BCUT2D eigenvalue weighted by Gasteiger charge is -2.33. The quantitative estimate of drug-likeness (QED) is 0.544. The predicted octanol–water partition coefficient (Wildman–Crippen LogP) is 4.57. The molecule has 2 heterocycles. The molecule has 2 aromatic carbocycles. The maximum absolute atomic E-state index is 13.7. The van der Waals surface area contributed by atoms with E-state index in [2.05, 4.69) is 16.4 Å². The molecule has 0 aliphatic carbocycles. The first-order valence-electron chi connectivity index (χ1n) is 11.4. The van der Waals surface area contributed by atoms with Gasteiger partial charge in [0.2, 0.25) is 11.8 Å². The molecule has 0 saturated carbocycles. The second-order valence-corrected chi connectivity index (χ2v) is 8.61. The van der Waals surface area contributed by atoms with Crippen molar-refractivity contribution in [2.75, 3.05) is 13.1 Å². The van der Waals surface area contributed by atoms with Gasteiger partial charge in [-0.05, 0) is 49.3 Å². The zero-order valence-corrected chi connectivity index (χ0v) is 18.3. The van der Waals surface area contributed by atoms with E-state index < -0.39 is 0 Å². The summed E-state index contributed by atoms with van der Waals surface area (Å²) in [6.07, 6.45) is 6.37. The Balaban J connectivity index is 1.21. The van der Waals surface area contributed by atoms with Crippen LogP contribution in [0.3, 0.4) is 0 Å². The Morgan fingerprint density at radius 3 is 2.75 bits per heavy atom. The SMILES string of the molecule is O=C(CC[C@@H]1CCCN(C(=O)CCc2c[nH]c3ccccc23)C1)NCc1ccccc1F. The number of aromatic nitrogens is 1. The number of hydrogen-bond acceptors (Lipinski definition) is 2. The third kappa shape index (κ3) is 5.55. The number of amides is 2. The van der Waals surface area contributed by atoms with Gasteiger partial charge < -0.3 is 15.2 Å². The summed E-state index contributed by atoms with van der Waals surface area (Å²) < 4.78 is 13.7. The number of fused-ring (bicyclic) bond motifs is 1. The normalized spacial score (nSPS) is 16.3. The van der Waals surface area contributed by atoms with Gasteiger partial charge in [0.25, 0.3) is 0 Å². The van der Waals surface area contributed by atoms with Crippen molar-refractivity contribution in [3.05, 3.63) is 71.7 Å². The molecule has 0 spiro atoms.